The number of aryl methyl sites for hydroxylation is 3. The molecule has 0 atom stereocenters. The van der Waals surface area contributed by atoms with Gasteiger partial charge in [0, 0.05) is 19.3 Å². The number of halogens is 1. The number of hydrazone groups is 1. The van der Waals surface area contributed by atoms with E-state index in [4.69, 9.17) is 4.74 Å². The number of anilines is 1. The zero-order valence-corrected chi connectivity index (χ0v) is 16.2. The third-order valence-electron chi connectivity index (χ3n) is 4.25. The molecule has 3 aromatic rings. The summed E-state index contributed by atoms with van der Waals surface area (Å²) in [6.07, 6.45) is 2.67. The molecule has 0 radical (unpaired) electrons. The van der Waals surface area contributed by atoms with Gasteiger partial charge in [-0.2, -0.15) is 19.6 Å². The number of ether oxygens (including phenoxy) is 1. The zero-order valence-electron chi connectivity index (χ0n) is 16.2. The van der Waals surface area contributed by atoms with Gasteiger partial charge in [-0.05, 0) is 32.4 Å². The minimum atomic E-state index is -0.482. The van der Waals surface area contributed by atoms with E-state index in [9.17, 15) is 9.18 Å². The Morgan fingerprint density at radius 2 is 2.14 bits per heavy atom. The molecular weight excluding hydrogens is 365 g/mol. The normalized spacial score (nSPS) is 11.6. The minimum absolute atomic E-state index is 0.201. The number of aromatic nitrogens is 5. The average molecular weight is 387 g/mol. The Morgan fingerprint density at radius 1 is 1.36 bits per heavy atom. The highest BCUT2D eigenvalue weighted by Gasteiger charge is 2.14. The fourth-order valence-electron chi connectivity index (χ4n) is 2.92. The summed E-state index contributed by atoms with van der Waals surface area (Å²) in [5.41, 5.74) is 4.62. The number of pyridine rings is 1. The van der Waals surface area contributed by atoms with Crippen LogP contribution in [0.3, 0.4) is 0 Å². The fraction of sp³-hybridized carbons (Fsp3) is 0.389. The first kappa shape index (κ1) is 19.6. The van der Waals surface area contributed by atoms with Crippen LogP contribution in [0.4, 0.5) is 10.3 Å². The Balaban J connectivity index is 2.03. The molecule has 0 aliphatic carbocycles. The van der Waals surface area contributed by atoms with Crippen molar-refractivity contribution in [3.63, 3.8) is 0 Å². The SMILES string of the molecule is CCn1ncc(C=NNc2nc(=O)c3c(C)cc(C)nc3n2CCOC)c1F. The van der Waals surface area contributed by atoms with E-state index < -0.39 is 11.5 Å². The number of fused-ring (bicyclic) bond motifs is 1. The van der Waals surface area contributed by atoms with Gasteiger partial charge >= 0.3 is 0 Å². The van der Waals surface area contributed by atoms with Crippen LogP contribution in [0, 0.1) is 19.8 Å². The van der Waals surface area contributed by atoms with Gasteiger partial charge in [0.05, 0.1) is 36.5 Å². The first-order valence-corrected chi connectivity index (χ1v) is 8.84. The van der Waals surface area contributed by atoms with E-state index in [0.29, 0.717) is 30.7 Å². The van der Waals surface area contributed by atoms with Crippen molar-refractivity contribution in [2.75, 3.05) is 19.1 Å². The second kappa shape index (κ2) is 8.26. The van der Waals surface area contributed by atoms with E-state index >= 15 is 0 Å². The number of rotatable bonds is 7. The number of hydrogen-bond acceptors (Lipinski definition) is 7. The molecule has 28 heavy (non-hydrogen) atoms. The van der Waals surface area contributed by atoms with E-state index in [0.717, 1.165) is 11.3 Å². The fourth-order valence-corrected chi connectivity index (χ4v) is 2.92. The molecule has 9 nitrogen and oxygen atoms in total. The van der Waals surface area contributed by atoms with E-state index in [2.05, 4.69) is 25.6 Å². The molecule has 0 spiro atoms. The predicted molar refractivity (Wildman–Crippen MR) is 104 cm³/mol. The summed E-state index contributed by atoms with van der Waals surface area (Å²) < 4.78 is 22.2. The number of nitrogens with one attached hydrogen (secondary N) is 1. The second-order valence-corrected chi connectivity index (χ2v) is 6.24. The van der Waals surface area contributed by atoms with Gasteiger partial charge < -0.3 is 4.74 Å². The molecule has 0 bridgehead atoms. The van der Waals surface area contributed by atoms with Crippen LogP contribution in [0.15, 0.2) is 22.2 Å². The van der Waals surface area contributed by atoms with E-state index in [-0.39, 0.29) is 11.5 Å². The van der Waals surface area contributed by atoms with Gasteiger partial charge in [0.15, 0.2) is 0 Å². The third-order valence-corrected chi connectivity index (χ3v) is 4.25. The first-order valence-electron chi connectivity index (χ1n) is 8.84. The molecule has 0 amide bonds. The van der Waals surface area contributed by atoms with Crippen LogP contribution in [0.5, 0.6) is 0 Å². The highest BCUT2D eigenvalue weighted by molar-refractivity contribution is 5.81. The molecule has 3 heterocycles. The smallest absolute Gasteiger partial charge is 0.284 e. The summed E-state index contributed by atoms with van der Waals surface area (Å²) in [4.78, 5) is 21.1. The number of nitrogens with zero attached hydrogens (tertiary/aromatic N) is 6. The summed E-state index contributed by atoms with van der Waals surface area (Å²) in [5, 5.41) is 8.39. The maximum absolute atomic E-state index is 14.0. The monoisotopic (exact) mass is 387 g/mol. The van der Waals surface area contributed by atoms with Gasteiger partial charge in [0.2, 0.25) is 11.9 Å². The Hall–Kier alpha value is -3.14. The van der Waals surface area contributed by atoms with Crippen LogP contribution in [-0.2, 0) is 17.8 Å². The molecule has 0 aliphatic rings. The van der Waals surface area contributed by atoms with Gasteiger partial charge in [0.25, 0.3) is 5.56 Å². The summed E-state index contributed by atoms with van der Waals surface area (Å²) in [6, 6.07) is 1.84. The van der Waals surface area contributed by atoms with Gasteiger partial charge in [-0.1, -0.05) is 0 Å². The summed E-state index contributed by atoms with van der Waals surface area (Å²) in [7, 11) is 1.58. The lowest BCUT2D eigenvalue weighted by atomic mass is 10.2. The molecule has 0 saturated heterocycles. The van der Waals surface area contributed by atoms with Crippen molar-refractivity contribution >= 4 is 23.2 Å². The molecule has 3 aromatic heterocycles. The van der Waals surface area contributed by atoms with Crippen LogP contribution in [-0.4, -0.2) is 44.2 Å². The molecule has 148 valence electrons. The van der Waals surface area contributed by atoms with Crippen molar-refractivity contribution in [1.82, 2.24) is 24.3 Å². The highest BCUT2D eigenvalue weighted by Crippen LogP contribution is 2.17. The number of hydrogen-bond donors (Lipinski definition) is 1. The molecule has 3 rings (SSSR count). The topological polar surface area (TPSA) is 99.2 Å². The Kier molecular flexibility index (Phi) is 5.78. The lowest BCUT2D eigenvalue weighted by Gasteiger charge is -2.15. The predicted octanol–water partition coefficient (Wildman–Crippen LogP) is 1.86. The lowest BCUT2D eigenvalue weighted by molar-refractivity contribution is 0.188. The van der Waals surface area contributed by atoms with Crippen molar-refractivity contribution in [1.29, 1.82) is 0 Å². The largest absolute Gasteiger partial charge is 0.383 e. The Labute approximate surface area is 160 Å². The standard InChI is InChI=1S/C18H22FN7O2/c1-5-26-15(19)13(10-21-26)9-20-24-18-23-17(27)14-11(2)8-12(3)22-16(14)25(18)6-7-28-4/h8-10H,5-7H2,1-4H3,(H,23,24,27). The molecule has 0 fully saturated rings. The third kappa shape index (κ3) is 3.77. The van der Waals surface area contributed by atoms with Crippen molar-refractivity contribution in [2.45, 2.75) is 33.9 Å². The number of methoxy groups -OCH3 is 1. The van der Waals surface area contributed by atoms with Gasteiger partial charge in [-0.25, -0.2) is 15.1 Å². The van der Waals surface area contributed by atoms with Crippen molar-refractivity contribution in [2.24, 2.45) is 5.10 Å². The van der Waals surface area contributed by atoms with E-state index in [1.165, 1.54) is 17.1 Å². The van der Waals surface area contributed by atoms with Gasteiger partial charge in [-0.3, -0.25) is 9.36 Å². The minimum Gasteiger partial charge on any atom is -0.383 e. The average Bonchev–Trinajstić information content (AvgIpc) is 3.00. The lowest BCUT2D eigenvalue weighted by Crippen LogP contribution is -2.21. The summed E-state index contributed by atoms with van der Waals surface area (Å²) in [5.74, 6) is -0.282. The van der Waals surface area contributed by atoms with Crippen LogP contribution in [0.1, 0.15) is 23.7 Å². The summed E-state index contributed by atoms with van der Waals surface area (Å²) >= 11 is 0. The zero-order chi connectivity index (χ0) is 20.3. The highest BCUT2D eigenvalue weighted by atomic mass is 19.1. The maximum Gasteiger partial charge on any atom is 0.284 e. The molecule has 1 N–H and O–H groups in total. The van der Waals surface area contributed by atoms with Crippen LogP contribution in [0.2, 0.25) is 0 Å². The van der Waals surface area contributed by atoms with Crippen LogP contribution >= 0.6 is 0 Å². The van der Waals surface area contributed by atoms with E-state index in [1.807, 2.05) is 19.9 Å². The van der Waals surface area contributed by atoms with Crippen LogP contribution < -0.4 is 11.0 Å². The van der Waals surface area contributed by atoms with Crippen molar-refractivity contribution < 1.29 is 9.13 Å². The van der Waals surface area contributed by atoms with Gasteiger partial charge in [-0.15, -0.1) is 0 Å². The Morgan fingerprint density at radius 3 is 2.82 bits per heavy atom. The van der Waals surface area contributed by atoms with Crippen molar-refractivity contribution in [3.8, 4) is 0 Å². The molecule has 0 unspecified atom stereocenters. The maximum atomic E-state index is 14.0. The molecule has 0 aliphatic heterocycles. The quantitative estimate of drug-likeness (QED) is 0.491. The summed E-state index contributed by atoms with van der Waals surface area (Å²) in [6.45, 7) is 6.72. The first-order chi connectivity index (χ1) is 13.5. The Bertz CT molecular complexity index is 1090. The molecule has 0 aromatic carbocycles. The second-order valence-electron chi connectivity index (χ2n) is 6.24. The molecule has 0 saturated carbocycles. The molecular formula is C18H22FN7O2. The van der Waals surface area contributed by atoms with Crippen molar-refractivity contribution in [3.05, 3.63) is 45.4 Å². The van der Waals surface area contributed by atoms with E-state index in [1.54, 1.807) is 18.6 Å². The van der Waals surface area contributed by atoms with Crippen LogP contribution in [0.25, 0.3) is 11.0 Å². The van der Waals surface area contributed by atoms with Gasteiger partial charge in [0.1, 0.15) is 5.65 Å². The molecule has 10 heteroatoms.